The molecule has 4 nitrogen and oxygen atoms in total. The van der Waals surface area contributed by atoms with Gasteiger partial charge in [0, 0.05) is 13.1 Å². The lowest BCUT2D eigenvalue weighted by Gasteiger charge is -2.21. The van der Waals surface area contributed by atoms with Crippen molar-refractivity contribution in [2.24, 2.45) is 0 Å². The van der Waals surface area contributed by atoms with Crippen LogP contribution in [0.1, 0.15) is 18.1 Å². The van der Waals surface area contributed by atoms with Crippen LogP contribution in [0.15, 0.2) is 48.5 Å². The van der Waals surface area contributed by atoms with Crippen molar-refractivity contribution in [2.75, 3.05) is 19.7 Å². The highest BCUT2D eigenvalue weighted by atomic mass is 19.1. The molecule has 0 aromatic heterocycles. The van der Waals surface area contributed by atoms with Gasteiger partial charge < -0.3 is 15.0 Å². The first-order valence-corrected chi connectivity index (χ1v) is 8.05. The minimum atomic E-state index is -0.296. The van der Waals surface area contributed by atoms with Crippen LogP contribution in [-0.2, 0) is 6.54 Å². The summed E-state index contributed by atoms with van der Waals surface area (Å²) in [4.78, 5) is 13.8. The Labute approximate surface area is 142 Å². The van der Waals surface area contributed by atoms with Crippen molar-refractivity contribution < 1.29 is 13.9 Å². The van der Waals surface area contributed by atoms with Crippen LogP contribution in [0, 0.1) is 12.7 Å². The minimum Gasteiger partial charge on any atom is -0.492 e. The van der Waals surface area contributed by atoms with Crippen molar-refractivity contribution in [1.29, 1.82) is 0 Å². The number of hydrogen-bond acceptors (Lipinski definition) is 2. The van der Waals surface area contributed by atoms with E-state index in [9.17, 15) is 9.18 Å². The zero-order valence-electron chi connectivity index (χ0n) is 14.1. The largest absolute Gasteiger partial charge is 0.492 e. The first kappa shape index (κ1) is 17.8. The number of amides is 2. The topological polar surface area (TPSA) is 41.6 Å². The van der Waals surface area contributed by atoms with Crippen LogP contribution in [0.4, 0.5) is 9.18 Å². The summed E-state index contributed by atoms with van der Waals surface area (Å²) in [7, 11) is 0. The number of aryl methyl sites for hydroxylation is 1. The van der Waals surface area contributed by atoms with Crippen molar-refractivity contribution in [3.63, 3.8) is 0 Å². The zero-order valence-corrected chi connectivity index (χ0v) is 14.1. The Morgan fingerprint density at radius 1 is 1.21 bits per heavy atom. The van der Waals surface area contributed by atoms with E-state index < -0.39 is 0 Å². The van der Waals surface area contributed by atoms with E-state index in [-0.39, 0.29) is 11.8 Å². The predicted molar refractivity (Wildman–Crippen MR) is 92.6 cm³/mol. The van der Waals surface area contributed by atoms with Crippen molar-refractivity contribution in [3.05, 3.63) is 65.5 Å². The van der Waals surface area contributed by atoms with Gasteiger partial charge in [-0.05, 0) is 49.2 Å². The number of benzene rings is 2. The molecular formula is C19H23FN2O2. The summed E-state index contributed by atoms with van der Waals surface area (Å²) in [6.07, 6.45) is 0. The monoisotopic (exact) mass is 330 g/mol. The van der Waals surface area contributed by atoms with E-state index in [4.69, 9.17) is 4.74 Å². The molecule has 2 rings (SSSR count). The summed E-state index contributed by atoms with van der Waals surface area (Å²) in [5, 5.41) is 2.82. The summed E-state index contributed by atoms with van der Waals surface area (Å²) < 4.78 is 18.8. The van der Waals surface area contributed by atoms with Gasteiger partial charge in [0.25, 0.3) is 0 Å². The summed E-state index contributed by atoms with van der Waals surface area (Å²) >= 11 is 0. The molecular weight excluding hydrogens is 307 g/mol. The summed E-state index contributed by atoms with van der Waals surface area (Å²) in [6, 6.07) is 13.9. The van der Waals surface area contributed by atoms with Crippen LogP contribution in [0.2, 0.25) is 0 Å². The summed E-state index contributed by atoms with van der Waals surface area (Å²) in [6.45, 7) is 5.61. The predicted octanol–water partition coefficient (Wildman–Crippen LogP) is 3.74. The molecule has 2 aromatic rings. The molecule has 0 aliphatic heterocycles. The van der Waals surface area contributed by atoms with Gasteiger partial charge in [-0.25, -0.2) is 9.18 Å². The van der Waals surface area contributed by atoms with E-state index >= 15 is 0 Å². The van der Waals surface area contributed by atoms with Crippen LogP contribution in [0.3, 0.4) is 0 Å². The average molecular weight is 330 g/mol. The Hall–Kier alpha value is -2.56. The number of urea groups is 1. The number of carbonyl (C=O) groups excluding carboxylic acids is 1. The van der Waals surface area contributed by atoms with Crippen molar-refractivity contribution >= 4 is 6.03 Å². The van der Waals surface area contributed by atoms with Crippen LogP contribution in [-0.4, -0.2) is 30.6 Å². The van der Waals surface area contributed by atoms with Gasteiger partial charge in [-0.15, -0.1) is 0 Å². The Balaban J connectivity index is 1.77. The molecule has 0 atom stereocenters. The first-order valence-electron chi connectivity index (χ1n) is 8.05. The Morgan fingerprint density at radius 2 is 2.00 bits per heavy atom. The molecule has 0 saturated carbocycles. The van der Waals surface area contributed by atoms with Crippen molar-refractivity contribution in [3.8, 4) is 5.75 Å². The van der Waals surface area contributed by atoms with Crippen molar-refractivity contribution in [1.82, 2.24) is 10.2 Å². The molecule has 0 radical (unpaired) electrons. The maximum absolute atomic E-state index is 13.2. The normalized spacial score (nSPS) is 10.3. The Bertz CT molecular complexity index is 676. The molecule has 0 bridgehead atoms. The average Bonchev–Trinajstić information content (AvgIpc) is 2.56. The first-order chi connectivity index (χ1) is 11.6. The van der Waals surface area contributed by atoms with Crippen LogP contribution >= 0.6 is 0 Å². The van der Waals surface area contributed by atoms with Crippen molar-refractivity contribution in [2.45, 2.75) is 20.4 Å². The Morgan fingerprint density at radius 3 is 2.71 bits per heavy atom. The highest BCUT2D eigenvalue weighted by Gasteiger charge is 2.11. The van der Waals surface area contributed by atoms with Gasteiger partial charge in [-0.2, -0.15) is 0 Å². The number of nitrogens with one attached hydrogen (secondary N) is 1. The minimum absolute atomic E-state index is 0.186. The fourth-order valence-electron chi connectivity index (χ4n) is 2.33. The van der Waals surface area contributed by atoms with E-state index in [1.165, 1.54) is 12.1 Å². The van der Waals surface area contributed by atoms with Gasteiger partial charge in [0.05, 0.1) is 6.54 Å². The Kier molecular flexibility index (Phi) is 6.61. The summed E-state index contributed by atoms with van der Waals surface area (Å²) in [5.74, 6) is 0.492. The van der Waals surface area contributed by atoms with Crippen LogP contribution < -0.4 is 10.1 Å². The number of carbonyl (C=O) groups is 1. The molecule has 1 N–H and O–H groups in total. The number of nitrogens with zero attached hydrogens (tertiary/aromatic N) is 1. The SMILES string of the molecule is CCN(Cc1cccc(F)c1)C(=O)NCCOc1cccc(C)c1. The molecule has 24 heavy (non-hydrogen) atoms. The molecule has 0 fully saturated rings. The number of hydrogen-bond donors (Lipinski definition) is 1. The number of ether oxygens (including phenoxy) is 1. The lowest BCUT2D eigenvalue weighted by molar-refractivity contribution is 0.195. The second-order valence-electron chi connectivity index (χ2n) is 5.54. The maximum atomic E-state index is 13.2. The van der Waals surface area contributed by atoms with E-state index in [1.54, 1.807) is 17.0 Å². The highest BCUT2D eigenvalue weighted by Crippen LogP contribution is 2.12. The van der Waals surface area contributed by atoms with Gasteiger partial charge >= 0.3 is 6.03 Å². The molecule has 0 spiro atoms. The number of rotatable bonds is 7. The molecule has 2 amide bonds. The highest BCUT2D eigenvalue weighted by molar-refractivity contribution is 5.74. The van der Waals surface area contributed by atoms with E-state index in [0.29, 0.717) is 26.2 Å². The van der Waals surface area contributed by atoms with Crippen LogP contribution in [0.25, 0.3) is 0 Å². The third-order valence-corrected chi connectivity index (χ3v) is 3.57. The van der Waals surface area contributed by atoms with E-state index in [2.05, 4.69) is 5.32 Å². The quantitative estimate of drug-likeness (QED) is 0.786. The van der Waals surface area contributed by atoms with E-state index in [1.807, 2.05) is 38.1 Å². The molecule has 128 valence electrons. The molecule has 0 unspecified atom stereocenters. The molecule has 2 aromatic carbocycles. The van der Waals surface area contributed by atoms with Gasteiger partial charge in [-0.3, -0.25) is 0 Å². The summed E-state index contributed by atoms with van der Waals surface area (Å²) in [5.41, 5.74) is 1.90. The molecule has 0 aliphatic carbocycles. The molecule has 0 saturated heterocycles. The zero-order chi connectivity index (χ0) is 17.4. The standard InChI is InChI=1S/C19H23FN2O2/c1-3-22(14-16-7-5-8-17(20)13-16)19(23)21-10-11-24-18-9-4-6-15(2)12-18/h4-9,12-13H,3,10-11,14H2,1-2H3,(H,21,23). The van der Waals surface area contributed by atoms with Gasteiger partial charge in [-0.1, -0.05) is 24.3 Å². The third-order valence-electron chi connectivity index (χ3n) is 3.57. The van der Waals surface area contributed by atoms with Gasteiger partial charge in [0.2, 0.25) is 0 Å². The fourth-order valence-corrected chi connectivity index (χ4v) is 2.33. The second-order valence-corrected chi connectivity index (χ2v) is 5.54. The van der Waals surface area contributed by atoms with Gasteiger partial charge in [0.1, 0.15) is 18.2 Å². The fraction of sp³-hybridized carbons (Fsp3) is 0.316. The molecule has 0 heterocycles. The smallest absolute Gasteiger partial charge is 0.317 e. The van der Waals surface area contributed by atoms with E-state index in [0.717, 1.165) is 16.9 Å². The second kappa shape index (κ2) is 8.91. The molecule has 0 aliphatic rings. The number of halogens is 1. The van der Waals surface area contributed by atoms with Crippen LogP contribution in [0.5, 0.6) is 5.75 Å². The lowest BCUT2D eigenvalue weighted by Crippen LogP contribution is -2.41. The third kappa shape index (κ3) is 5.57. The molecule has 5 heteroatoms. The maximum Gasteiger partial charge on any atom is 0.317 e. The van der Waals surface area contributed by atoms with Gasteiger partial charge in [0.15, 0.2) is 0 Å². The lowest BCUT2D eigenvalue weighted by atomic mass is 10.2.